The summed E-state index contributed by atoms with van der Waals surface area (Å²) < 4.78 is 11.1. The number of hydrogen-bond donors (Lipinski definition) is 1. The van der Waals surface area contributed by atoms with E-state index in [4.69, 9.17) is 9.47 Å². The molecule has 1 aliphatic rings. The second kappa shape index (κ2) is 14.5. The van der Waals surface area contributed by atoms with Crippen LogP contribution in [-0.4, -0.2) is 36.0 Å². The van der Waals surface area contributed by atoms with Crippen LogP contribution in [-0.2, 0) is 20.8 Å². The Balaban J connectivity index is 0.000000240. The number of allylic oxidation sites excluding steroid dienone is 3. The summed E-state index contributed by atoms with van der Waals surface area (Å²) in [7, 11) is 0. The molecular weight excluding hydrogens is 448 g/mol. The van der Waals surface area contributed by atoms with Crippen LogP contribution in [0, 0.1) is 19.8 Å². The van der Waals surface area contributed by atoms with Crippen LogP contribution in [0.15, 0.2) is 54.3 Å². The zero-order chi connectivity index (χ0) is 24.9. The second-order valence-corrected chi connectivity index (χ2v) is 9.57. The summed E-state index contributed by atoms with van der Waals surface area (Å²) in [5, 5.41) is 3.82. The molecule has 0 spiro atoms. The Labute approximate surface area is 207 Å². The van der Waals surface area contributed by atoms with E-state index in [-0.39, 0.29) is 23.7 Å². The molecule has 0 saturated carbocycles. The molecule has 1 aromatic carbocycles. The van der Waals surface area contributed by atoms with Crippen LogP contribution in [0.1, 0.15) is 59.5 Å². The van der Waals surface area contributed by atoms with Gasteiger partial charge in [-0.1, -0.05) is 50.3 Å². The number of aryl methyl sites for hydroxylation is 2. The predicted octanol–water partition coefficient (Wildman–Crippen LogP) is 5.56. The number of hydrogen-bond acceptors (Lipinski definition) is 6. The lowest BCUT2D eigenvalue weighted by molar-refractivity contribution is -0.117. The number of ketones is 1. The summed E-state index contributed by atoms with van der Waals surface area (Å²) in [5.74, 6) is 0.672. The summed E-state index contributed by atoms with van der Waals surface area (Å²) in [6, 6.07) is 9.87. The van der Waals surface area contributed by atoms with Gasteiger partial charge in [-0.25, -0.2) is 4.98 Å². The fraction of sp³-hybridized carbons (Fsp3) is 0.444. The van der Waals surface area contributed by atoms with E-state index in [1.54, 1.807) is 6.08 Å². The molecule has 1 unspecified atom stereocenters. The van der Waals surface area contributed by atoms with Gasteiger partial charge < -0.3 is 14.8 Å². The summed E-state index contributed by atoms with van der Waals surface area (Å²) in [6.07, 6.45) is 7.57. The first-order valence-electron chi connectivity index (χ1n) is 11.7. The van der Waals surface area contributed by atoms with Gasteiger partial charge in [-0.3, -0.25) is 9.59 Å². The number of amides is 1. The van der Waals surface area contributed by atoms with Crippen LogP contribution < -0.4 is 5.32 Å². The molecule has 1 saturated heterocycles. The van der Waals surface area contributed by atoms with Gasteiger partial charge in [0.15, 0.2) is 5.78 Å². The number of rotatable bonds is 9. The highest BCUT2D eigenvalue weighted by Gasteiger charge is 2.16. The van der Waals surface area contributed by atoms with Crippen LogP contribution in [0.25, 0.3) is 0 Å². The third-order valence-electron chi connectivity index (χ3n) is 5.05. The lowest BCUT2D eigenvalue weighted by atomic mass is 10.1. The number of nitrogens with zero attached hydrogens (tertiary/aromatic N) is 1. The molecule has 0 bridgehead atoms. The monoisotopic (exact) mass is 484 g/mol. The minimum Gasteiger partial charge on any atom is -0.491 e. The first-order chi connectivity index (χ1) is 16.3. The van der Waals surface area contributed by atoms with Gasteiger partial charge in [0.25, 0.3) is 5.91 Å². The number of aromatic nitrogens is 1. The van der Waals surface area contributed by atoms with Gasteiger partial charge in [-0.15, -0.1) is 11.3 Å². The van der Waals surface area contributed by atoms with Gasteiger partial charge in [-0.05, 0) is 45.3 Å². The van der Waals surface area contributed by atoms with Gasteiger partial charge in [0.1, 0.15) is 17.2 Å². The average Bonchev–Trinajstić information content (AvgIpc) is 3.46. The molecule has 2 heterocycles. The zero-order valence-electron chi connectivity index (χ0n) is 20.8. The van der Waals surface area contributed by atoms with Gasteiger partial charge in [0.05, 0.1) is 16.8 Å². The smallest absolute Gasteiger partial charge is 0.263 e. The average molecular weight is 485 g/mol. The van der Waals surface area contributed by atoms with Crippen molar-refractivity contribution < 1.29 is 19.1 Å². The van der Waals surface area contributed by atoms with Crippen LogP contribution >= 0.6 is 11.3 Å². The fourth-order valence-corrected chi connectivity index (χ4v) is 4.01. The Morgan fingerprint density at radius 2 is 2.00 bits per heavy atom. The molecule has 34 heavy (non-hydrogen) atoms. The van der Waals surface area contributed by atoms with Crippen molar-refractivity contribution in [3.63, 3.8) is 0 Å². The quantitative estimate of drug-likeness (QED) is 0.287. The normalized spacial score (nSPS) is 15.8. The molecule has 1 fully saturated rings. The van der Waals surface area contributed by atoms with E-state index in [1.165, 1.54) is 11.3 Å². The van der Waals surface area contributed by atoms with E-state index < -0.39 is 0 Å². The molecule has 0 aliphatic carbocycles. The van der Waals surface area contributed by atoms with Crippen molar-refractivity contribution in [1.29, 1.82) is 0 Å². The third-order valence-corrected chi connectivity index (χ3v) is 6.12. The fourth-order valence-electron chi connectivity index (χ4n) is 3.17. The van der Waals surface area contributed by atoms with E-state index in [0.717, 1.165) is 35.7 Å². The molecule has 6 nitrogen and oxygen atoms in total. The second-order valence-electron chi connectivity index (χ2n) is 8.37. The highest BCUT2D eigenvalue weighted by atomic mass is 32.1. The summed E-state index contributed by atoms with van der Waals surface area (Å²) >= 11 is 1.43. The van der Waals surface area contributed by atoms with Crippen molar-refractivity contribution in [2.24, 2.45) is 5.92 Å². The van der Waals surface area contributed by atoms with Crippen molar-refractivity contribution in [2.75, 3.05) is 13.2 Å². The Morgan fingerprint density at radius 3 is 2.56 bits per heavy atom. The molecule has 1 aromatic heterocycles. The maximum absolute atomic E-state index is 11.9. The van der Waals surface area contributed by atoms with Gasteiger partial charge in [0, 0.05) is 25.1 Å². The summed E-state index contributed by atoms with van der Waals surface area (Å²) in [5.41, 5.74) is 1.90. The van der Waals surface area contributed by atoms with E-state index in [2.05, 4.69) is 10.3 Å². The molecule has 1 N–H and O–H groups in total. The van der Waals surface area contributed by atoms with E-state index in [1.807, 2.05) is 77.1 Å². The van der Waals surface area contributed by atoms with E-state index in [0.29, 0.717) is 23.8 Å². The van der Waals surface area contributed by atoms with E-state index in [9.17, 15) is 9.59 Å². The Morgan fingerprint density at radius 1 is 1.26 bits per heavy atom. The molecule has 0 radical (unpaired) electrons. The lowest BCUT2D eigenvalue weighted by Crippen LogP contribution is -2.22. The molecule has 7 heteroatoms. The number of ether oxygens (including phenoxy) is 2. The van der Waals surface area contributed by atoms with E-state index >= 15 is 0 Å². The highest BCUT2D eigenvalue weighted by molar-refractivity contribution is 7.13. The predicted molar refractivity (Wildman–Crippen MR) is 137 cm³/mol. The molecular formula is C27H36N2O4S. The minimum atomic E-state index is -0.0445. The number of carbonyl (C=O) groups excluding carboxylic acids is 2. The summed E-state index contributed by atoms with van der Waals surface area (Å²) in [4.78, 5) is 28.5. The van der Waals surface area contributed by atoms with Crippen molar-refractivity contribution in [3.8, 4) is 0 Å². The molecule has 1 aliphatic heterocycles. The maximum Gasteiger partial charge on any atom is 0.263 e. The zero-order valence-corrected chi connectivity index (χ0v) is 21.6. The SMILES string of the molecule is C/C=C\C(=C/C(=O)C(C)C)OCC1CCCO1.Cc1nc(C)c(C(=O)NCc2ccccc2)s1. The number of nitrogens with one attached hydrogen (secondary N) is 1. The molecule has 3 rings (SSSR count). The van der Waals surface area contributed by atoms with Gasteiger partial charge in [0.2, 0.25) is 0 Å². The highest BCUT2D eigenvalue weighted by Crippen LogP contribution is 2.17. The lowest BCUT2D eigenvalue weighted by Gasteiger charge is -2.12. The van der Waals surface area contributed by atoms with Gasteiger partial charge in [-0.2, -0.15) is 0 Å². The maximum atomic E-state index is 11.9. The molecule has 1 atom stereocenters. The first-order valence-corrected chi connectivity index (χ1v) is 12.5. The van der Waals surface area contributed by atoms with Crippen LogP contribution in [0.2, 0.25) is 0 Å². The first kappa shape index (κ1) is 27.5. The van der Waals surface area contributed by atoms with Crippen LogP contribution in [0.3, 0.4) is 0 Å². The standard InChI is InChI=1S/C14H22O3.C13H14N2OS/c1-4-6-12(9-14(15)11(2)3)17-10-13-7-5-8-16-13;1-9-12(17-10(2)15-9)13(16)14-8-11-6-4-3-5-7-11/h4,6,9,11,13H,5,7-8,10H2,1-3H3;3-7H,8H2,1-2H3,(H,14,16)/b6-4-,12-9+;. The van der Waals surface area contributed by atoms with Crippen molar-refractivity contribution >= 4 is 23.0 Å². The van der Waals surface area contributed by atoms with Crippen LogP contribution in [0.4, 0.5) is 0 Å². The number of thiazole rings is 1. The number of carbonyl (C=O) groups is 2. The van der Waals surface area contributed by atoms with Gasteiger partial charge >= 0.3 is 0 Å². The summed E-state index contributed by atoms with van der Waals surface area (Å²) in [6.45, 7) is 11.3. The third kappa shape index (κ3) is 9.61. The van der Waals surface area contributed by atoms with Crippen molar-refractivity contribution in [2.45, 2.75) is 60.1 Å². The molecule has 2 aromatic rings. The minimum absolute atomic E-state index is 0.00147. The Bertz CT molecular complexity index is 974. The Kier molecular flexibility index (Phi) is 11.7. The number of benzene rings is 1. The van der Waals surface area contributed by atoms with Crippen molar-refractivity contribution in [3.05, 3.63) is 75.5 Å². The molecule has 1 amide bonds. The van der Waals surface area contributed by atoms with Crippen molar-refractivity contribution in [1.82, 2.24) is 10.3 Å². The Hall–Kier alpha value is -2.77. The molecule has 184 valence electrons. The largest absolute Gasteiger partial charge is 0.491 e. The van der Waals surface area contributed by atoms with Crippen LogP contribution in [0.5, 0.6) is 0 Å². The topological polar surface area (TPSA) is 77.5 Å².